The summed E-state index contributed by atoms with van der Waals surface area (Å²) in [5.41, 5.74) is 7.36. The van der Waals surface area contributed by atoms with E-state index in [9.17, 15) is 4.79 Å². The smallest absolute Gasteiger partial charge is 0.257 e. The summed E-state index contributed by atoms with van der Waals surface area (Å²) in [6.45, 7) is 1.50. The van der Waals surface area contributed by atoms with Crippen molar-refractivity contribution in [1.82, 2.24) is 4.90 Å². The number of para-hydroxylation sites is 1. The minimum atomic E-state index is -0.105. The number of nitrogens with two attached hydrogens (primary N) is 1. The first kappa shape index (κ1) is 17.8. The van der Waals surface area contributed by atoms with Gasteiger partial charge in [0, 0.05) is 19.6 Å². The molecule has 2 aromatic rings. The fourth-order valence-electron chi connectivity index (χ4n) is 2.61. The molecule has 5 nitrogen and oxygen atoms in total. The lowest BCUT2D eigenvalue weighted by Gasteiger charge is -2.23. The molecule has 2 N–H and O–H groups in total. The average molecular weight is 328 g/mol. The van der Waals surface area contributed by atoms with Crippen molar-refractivity contribution in [2.45, 2.75) is 6.42 Å². The quantitative estimate of drug-likeness (QED) is 0.808. The van der Waals surface area contributed by atoms with Gasteiger partial charge < -0.3 is 20.1 Å². The normalized spacial score (nSPS) is 10.3. The lowest BCUT2D eigenvalue weighted by molar-refractivity contribution is 0.0758. The maximum absolute atomic E-state index is 12.9. The highest BCUT2D eigenvalue weighted by Gasteiger charge is 2.21. The van der Waals surface area contributed by atoms with E-state index in [1.165, 1.54) is 12.7 Å². The Labute approximate surface area is 143 Å². The molecule has 0 fully saturated rings. The predicted molar refractivity (Wildman–Crippen MR) is 94.6 cm³/mol. The van der Waals surface area contributed by atoms with E-state index in [0.29, 0.717) is 36.7 Å². The van der Waals surface area contributed by atoms with Crippen LogP contribution in [0.2, 0.25) is 0 Å². The molecule has 5 heteroatoms. The second-order valence-electron chi connectivity index (χ2n) is 5.36. The predicted octanol–water partition coefficient (Wildman–Crippen LogP) is 2.35. The van der Waals surface area contributed by atoms with Crippen LogP contribution in [0.15, 0.2) is 48.5 Å². The van der Waals surface area contributed by atoms with Crippen LogP contribution < -0.4 is 15.2 Å². The molecule has 128 valence electrons. The first-order chi connectivity index (χ1) is 11.7. The maximum Gasteiger partial charge on any atom is 0.257 e. The van der Waals surface area contributed by atoms with Gasteiger partial charge in [0.15, 0.2) is 11.5 Å². The van der Waals surface area contributed by atoms with Crippen LogP contribution in [0, 0.1) is 0 Å². The zero-order chi connectivity index (χ0) is 17.4. The maximum atomic E-state index is 12.9. The van der Waals surface area contributed by atoms with Crippen molar-refractivity contribution < 1.29 is 14.3 Å². The molecule has 0 spiro atoms. The topological polar surface area (TPSA) is 64.8 Å². The highest BCUT2D eigenvalue weighted by atomic mass is 16.5. The standard InChI is InChI=1S/C19H24N2O3/c1-23-17-10-6-9-16(18(17)24-2)19(22)21(14-12-20)13-11-15-7-4-3-5-8-15/h3-10H,11-14,20H2,1-2H3. The molecule has 0 saturated heterocycles. The van der Waals surface area contributed by atoms with Crippen LogP contribution in [-0.2, 0) is 6.42 Å². The average Bonchev–Trinajstić information content (AvgIpc) is 2.64. The Morgan fingerprint density at radius 2 is 1.75 bits per heavy atom. The van der Waals surface area contributed by atoms with E-state index in [2.05, 4.69) is 12.1 Å². The number of hydrogen-bond donors (Lipinski definition) is 1. The minimum Gasteiger partial charge on any atom is -0.493 e. The largest absolute Gasteiger partial charge is 0.493 e. The fourth-order valence-corrected chi connectivity index (χ4v) is 2.61. The first-order valence-electron chi connectivity index (χ1n) is 7.95. The molecule has 0 unspecified atom stereocenters. The Bertz CT molecular complexity index is 659. The third-order valence-electron chi connectivity index (χ3n) is 3.83. The molecule has 0 atom stereocenters. The van der Waals surface area contributed by atoms with Gasteiger partial charge in [-0.1, -0.05) is 36.4 Å². The Hall–Kier alpha value is -2.53. The van der Waals surface area contributed by atoms with Crippen LogP contribution in [-0.4, -0.2) is 44.7 Å². The van der Waals surface area contributed by atoms with Crippen molar-refractivity contribution in [3.63, 3.8) is 0 Å². The summed E-state index contributed by atoms with van der Waals surface area (Å²) in [7, 11) is 3.09. The highest BCUT2D eigenvalue weighted by molar-refractivity contribution is 5.97. The third kappa shape index (κ3) is 4.26. The summed E-state index contributed by atoms with van der Waals surface area (Å²) < 4.78 is 10.7. The van der Waals surface area contributed by atoms with Crippen molar-refractivity contribution in [2.75, 3.05) is 33.9 Å². The SMILES string of the molecule is COc1cccc(C(=O)N(CCN)CCc2ccccc2)c1OC. The van der Waals surface area contributed by atoms with Gasteiger partial charge >= 0.3 is 0 Å². The summed E-state index contributed by atoms with van der Waals surface area (Å²) >= 11 is 0. The zero-order valence-electron chi connectivity index (χ0n) is 14.2. The summed E-state index contributed by atoms with van der Waals surface area (Å²) in [6.07, 6.45) is 0.777. The van der Waals surface area contributed by atoms with Gasteiger partial charge in [0.25, 0.3) is 5.91 Å². The number of nitrogens with zero attached hydrogens (tertiary/aromatic N) is 1. The van der Waals surface area contributed by atoms with Gasteiger partial charge in [-0.05, 0) is 24.1 Å². The Kier molecular flexibility index (Phi) is 6.63. The van der Waals surface area contributed by atoms with Crippen LogP contribution in [0.3, 0.4) is 0 Å². The summed E-state index contributed by atoms with van der Waals surface area (Å²) in [6, 6.07) is 15.4. The summed E-state index contributed by atoms with van der Waals surface area (Å²) in [4.78, 5) is 14.7. The number of ether oxygens (including phenoxy) is 2. The van der Waals surface area contributed by atoms with Gasteiger partial charge in [-0.15, -0.1) is 0 Å². The number of rotatable bonds is 8. The summed E-state index contributed by atoms with van der Waals surface area (Å²) in [5, 5.41) is 0. The van der Waals surface area contributed by atoms with E-state index in [1.54, 1.807) is 30.2 Å². The number of methoxy groups -OCH3 is 2. The molecule has 0 aliphatic rings. The van der Waals surface area contributed by atoms with E-state index in [-0.39, 0.29) is 5.91 Å². The first-order valence-corrected chi connectivity index (χ1v) is 7.95. The molecule has 0 bridgehead atoms. The minimum absolute atomic E-state index is 0.105. The molecule has 0 heterocycles. The molecule has 0 aliphatic heterocycles. The van der Waals surface area contributed by atoms with Crippen LogP contribution in [0.25, 0.3) is 0 Å². The Morgan fingerprint density at radius 1 is 1.00 bits per heavy atom. The molecule has 0 saturated carbocycles. The van der Waals surface area contributed by atoms with Gasteiger partial charge in [-0.3, -0.25) is 4.79 Å². The van der Waals surface area contributed by atoms with Crippen LogP contribution >= 0.6 is 0 Å². The zero-order valence-corrected chi connectivity index (χ0v) is 14.2. The van der Waals surface area contributed by atoms with Gasteiger partial charge in [-0.2, -0.15) is 0 Å². The van der Waals surface area contributed by atoms with E-state index in [4.69, 9.17) is 15.2 Å². The molecular formula is C19H24N2O3. The monoisotopic (exact) mass is 328 g/mol. The van der Waals surface area contributed by atoms with Crippen LogP contribution in [0.4, 0.5) is 0 Å². The molecule has 0 aliphatic carbocycles. The van der Waals surface area contributed by atoms with Crippen LogP contribution in [0.5, 0.6) is 11.5 Å². The number of carbonyl (C=O) groups excluding carboxylic acids is 1. The fraction of sp³-hybridized carbons (Fsp3) is 0.316. The number of benzene rings is 2. The second-order valence-corrected chi connectivity index (χ2v) is 5.36. The highest BCUT2D eigenvalue weighted by Crippen LogP contribution is 2.31. The number of amides is 1. The van der Waals surface area contributed by atoms with Gasteiger partial charge in [0.2, 0.25) is 0 Å². The molecule has 24 heavy (non-hydrogen) atoms. The van der Waals surface area contributed by atoms with E-state index in [0.717, 1.165) is 6.42 Å². The second kappa shape index (κ2) is 8.93. The van der Waals surface area contributed by atoms with Gasteiger partial charge in [-0.25, -0.2) is 0 Å². The van der Waals surface area contributed by atoms with Crippen molar-refractivity contribution in [1.29, 1.82) is 0 Å². The Morgan fingerprint density at radius 3 is 2.38 bits per heavy atom. The summed E-state index contributed by atoms with van der Waals surface area (Å²) in [5.74, 6) is 0.887. The molecular weight excluding hydrogens is 304 g/mol. The molecule has 0 radical (unpaired) electrons. The van der Waals surface area contributed by atoms with E-state index in [1.807, 2.05) is 18.2 Å². The van der Waals surface area contributed by atoms with E-state index >= 15 is 0 Å². The van der Waals surface area contributed by atoms with E-state index < -0.39 is 0 Å². The van der Waals surface area contributed by atoms with Crippen molar-refractivity contribution in [3.05, 3.63) is 59.7 Å². The van der Waals surface area contributed by atoms with Crippen molar-refractivity contribution in [3.8, 4) is 11.5 Å². The van der Waals surface area contributed by atoms with Gasteiger partial charge in [0.05, 0.1) is 19.8 Å². The van der Waals surface area contributed by atoms with Crippen molar-refractivity contribution >= 4 is 5.91 Å². The third-order valence-corrected chi connectivity index (χ3v) is 3.83. The lowest BCUT2D eigenvalue weighted by atomic mass is 10.1. The van der Waals surface area contributed by atoms with Crippen molar-refractivity contribution in [2.24, 2.45) is 5.73 Å². The molecule has 2 rings (SSSR count). The number of carbonyl (C=O) groups is 1. The number of hydrogen-bond acceptors (Lipinski definition) is 4. The Balaban J connectivity index is 2.19. The molecule has 1 amide bonds. The van der Waals surface area contributed by atoms with Gasteiger partial charge in [0.1, 0.15) is 0 Å². The molecule has 0 aromatic heterocycles. The molecule has 2 aromatic carbocycles. The van der Waals surface area contributed by atoms with Crippen LogP contribution in [0.1, 0.15) is 15.9 Å². The lowest BCUT2D eigenvalue weighted by Crippen LogP contribution is -2.37.